The number of rotatable bonds is 4. The minimum absolute atomic E-state index is 0.0501. The number of nitrogens with two attached hydrogens (primary N) is 1. The lowest BCUT2D eigenvalue weighted by molar-refractivity contribution is 0.327. The second-order valence-corrected chi connectivity index (χ2v) is 6.91. The second kappa shape index (κ2) is 5.16. The largest absolute Gasteiger partial charge is 0.496 e. The third kappa shape index (κ3) is 2.85. The van der Waals surface area contributed by atoms with Crippen LogP contribution >= 0.6 is 15.9 Å². The summed E-state index contributed by atoms with van der Waals surface area (Å²) in [4.78, 5) is 0.218. The lowest BCUT2D eigenvalue weighted by atomic mass is 9.89. The predicted octanol–water partition coefficient (Wildman–Crippen LogP) is 1.23. The van der Waals surface area contributed by atoms with E-state index in [1.807, 2.05) is 0 Å². The fourth-order valence-corrected chi connectivity index (χ4v) is 3.84. The third-order valence-corrected chi connectivity index (χ3v) is 5.07. The summed E-state index contributed by atoms with van der Waals surface area (Å²) in [5.74, 6) is 0.597. The van der Waals surface area contributed by atoms with Gasteiger partial charge in [0.15, 0.2) is 0 Å². The Labute approximate surface area is 115 Å². The first-order chi connectivity index (χ1) is 8.42. The van der Waals surface area contributed by atoms with E-state index in [9.17, 15) is 8.42 Å². The molecule has 100 valence electrons. The molecule has 0 radical (unpaired) electrons. The smallest absolute Gasteiger partial charge is 0.240 e. The molecule has 1 aromatic rings. The molecule has 0 atom stereocenters. The Morgan fingerprint density at radius 2 is 2.11 bits per heavy atom. The normalized spacial score (nSPS) is 23.5. The van der Waals surface area contributed by atoms with Crippen molar-refractivity contribution in [2.24, 2.45) is 5.73 Å². The summed E-state index contributed by atoms with van der Waals surface area (Å²) in [6.45, 7) is 0. The quantitative estimate of drug-likeness (QED) is 0.867. The summed E-state index contributed by atoms with van der Waals surface area (Å²) in [6, 6.07) is 4.72. The van der Waals surface area contributed by atoms with E-state index in [1.165, 1.54) is 19.2 Å². The molecule has 2 rings (SSSR count). The Morgan fingerprint density at radius 1 is 1.44 bits per heavy atom. The van der Waals surface area contributed by atoms with E-state index in [0.29, 0.717) is 23.1 Å². The zero-order valence-electron chi connectivity index (χ0n) is 9.89. The fourth-order valence-electron chi connectivity index (χ4n) is 1.86. The Balaban J connectivity index is 2.16. The lowest BCUT2D eigenvalue weighted by Crippen LogP contribution is -2.50. The maximum atomic E-state index is 12.1. The molecule has 0 bridgehead atoms. The van der Waals surface area contributed by atoms with Crippen molar-refractivity contribution < 1.29 is 13.2 Å². The number of benzene rings is 1. The predicted molar refractivity (Wildman–Crippen MR) is 72.0 cm³/mol. The molecule has 0 unspecified atom stereocenters. The van der Waals surface area contributed by atoms with Crippen molar-refractivity contribution in [3.63, 3.8) is 0 Å². The number of methoxy groups -OCH3 is 1. The van der Waals surface area contributed by atoms with Crippen molar-refractivity contribution >= 4 is 26.0 Å². The van der Waals surface area contributed by atoms with E-state index >= 15 is 0 Å². The van der Waals surface area contributed by atoms with E-state index in [-0.39, 0.29) is 17.0 Å². The fraction of sp³-hybridized carbons (Fsp3) is 0.455. The molecule has 1 fully saturated rings. The molecule has 1 saturated carbocycles. The minimum atomic E-state index is -3.48. The Kier molecular flexibility index (Phi) is 3.96. The molecular formula is C11H15BrN2O3S. The van der Waals surface area contributed by atoms with Crippen LogP contribution < -0.4 is 15.2 Å². The molecule has 0 aromatic heterocycles. The van der Waals surface area contributed by atoms with E-state index in [0.717, 1.165) is 0 Å². The maximum Gasteiger partial charge on any atom is 0.240 e. The first kappa shape index (κ1) is 13.8. The van der Waals surface area contributed by atoms with Crippen molar-refractivity contribution in [3.05, 3.63) is 22.7 Å². The highest BCUT2D eigenvalue weighted by molar-refractivity contribution is 9.10. The van der Waals surface area contributed by atoms with Crippen LogP contribution in [-0.4, -0.2) is 27.6 Å². The van der Waals surface area contributed by atoms with Gasteiger partial charge in [-0.05, 0) is 47.0 Å². The number of hydrogen-bond donors (Lipinski definition) is 2. The molecule has 5 nitrogen and oxygen atoms in total. The first-order valence-corrected chi connectivity index (χ1v) is 7.81. The Morgan fingerprint density at radius 3 is 2.61 bits per heavy atom. The van der Waals surface area contributed by atoms with Gasteiger partial charge in [-0.25, -0.2) is 13.1 Å². The lowest BCUT2D eigenvalue weighted by Gasteiger charge is -2.32. The number of halogens is 1. The van der Waals surface area contributed by atoms with Crippen LogP contribution in [0.1, 0.15) is 12.8 Å². The van der Waals surface area contributed by atoms with Crippen molar-refractivity contribution in [2.45, 2.75) is 29.8 Å². The molecule has 0 spiro atoms. The summed E-state index contributed by atoms with van der Waals surface area (Å²) in [7, 11) is -1.95. The molecule has 18 heavy (non-hydrogen) atoms. The molecule has 1 aromatic carbocycles. The highest BCUT2D eigenvalue weighted by Crippen LogP contribution is 2.28. The SMILES string of the molecule is COc1ccc(S(=O)(=O)NC2CC(N)C2)cc1Br. The molecule has 7 heteroatoms. The average molecular weight is 335 g/mol. The highest BCUT2D eigenvalue weighted by atomic mass is 79.9. The van der Waals surface area contributed by atoms with Crippen molar-refractivity contribution in [1.82, 2.24) is 4.72 Å². The third-order valence-electron chi connectivity index (χ3n) is 2.93. The second-order valence-electron chi connectivity index (χ2n) is 4.35. The van der Waals surface area contributed by atoms with Gasteiger partial charge < -0.3 is 10.5 Å². The summed E-state index contributed by atoms with van der Waals surface area (Å²) in [5, 5.41) is 0. The van der Waals surface area contributed by atoms with Crippen LogP contribution in [0.5, 0.6) is 5.75 Å². The van der Waals surface area contributed by atoms with E-state index in [4.69, 9.17) is 10.5 Å². The first-order valence-electron chi connectivity index (χ1n) is 5.54. The van der Waals surface area contributed by atoms with Gasteiger partial charge in [0.05, 0.1) is 16.5 Å². The van der Waals surface area contributed by atoms with Crippen molar-refractivity contribution in [1.29, 1.82) is 0 Å². The number of sulfonamides is 1. The number of hydrogen-bond acceptors (Lipinski definition) is 4. The van der Waals surface area contributed by atoms with Gasteiger partial charge in [0.2, 0.25) is 10.0 Å². The highest BCUT2D eigenvalue weighted by Gasteiger charge is 2.30. The monoisotopic (exact) mass is 334 g/mol. The van der Waals surface area contributed by atoms with Gasteiger partial charge in [0.25, 0.3) is 0 Å². The van der Waals surface area contributed by atoms with Crippen LogP contribution in [0.25, 0.3) is 0 Å². The van der Waals surface area contributed by atoms with Gasteiger partial charge in [-0.3, -0.25) is 0 Å². The number of ether oxygens (including phenoxy) is 1. The molecule has 0 heterocycles. The van der Waals surface area contributed by atoms with Crippen LogP contribution in [0.2, 0.25) is 0 Å². The molecule has 3 N–H and O–H groups in total. The summed E-state index contributed by atoms with van der Waals surface area (Å²) in [5.41, 5.74) is 5.63. The van der Waals surface area contributed by atoms with Gasteiger partial charge in [-0.2, -0.15) is 0 Å². The molecule has 1 aliphatic rings. The zero-order chi connectivity index (χ0) is 13.3. The zero-order valence-corrected chi connectivity index (χ0v) is 12.3. The van der Waals surface area contributed by atoms with Crippen LogP contribution in [-0.2, 0) is 10.0 Å². The van der Waals surface area contributed by atoms with Crippen molar-refractivity contribution in [2.75, 3.05) is 7.11 Å². The summed E-state index contributed by atoms with van der Waals surface area (Å²) >= 11 is 3.27. The summed E-state index contributed by atoms with van der Waals surface area (Å²) in [6.07, 6.45) is 1.38. The topological polar surface area (TPSA) is 81.4 Å². The van der Waals surface area contributed by atoms with Crippen LogP contribution in [0.3, 0.4) is 0 Å². The average Bonchev–Trinajstić information content (AvgIpc) is 2.26. The van der Waals surface area contributed by atoms with Gasteiger partial charge in [-0.15, -0.1) is 0 Å². The van der Waals surface area contributed by atoms with Crippen molar-refractivity contribution in [3.8, 4) is 5.75 Å². The maximum absolute atomic E-state index is 12.1. The van der Waals surface area contributed by atoms with Crippen LogP contribution in [0.15, 0.2) is 27.6 Å². The van der Waals surface area contributed by atoms with Crippen LogP contribution in [0.4, 0.5) is 0 Å². The Hall–Kier alpha value is -0.630. The standard InChI is InChI=1S/C11H15BrN2O3S/c1-17-11-3-2-9(6-10(11)12)18(15,16)14-8-4-7(13)5-8/h2-3,6-8,14H,4-5,13H2,1H3. The molecule has 1 aliphatic carbocycles. The molecule has 0 saturated heterocycles. The van der Waals surface area contributed by atoms with E-state index in [2.05, 4.69) is 20.7 Å². The number of nitrogens with one attached hydrogen (secondary N) is 1. The minimum Gasteiger partial charge on any atom is -0.496 e. The molecular weight excluding hydrogens is 320 g/mol. The van der Waals surface area contributed by atoms with E-state index < -0.39 is 10.0 Å². The van der Waals surface area contributed by atoms with Crippen LogP contribution in [0, 0.1) is 0 Å². The van der Waals surface area contributed by atoms with Gasteiger partial charge in [-0.1, -0.05) is 0 Å². The van der Waals surface area contributed by atoms with Gasteiger partial charge >= 0.3 is 0 Å². The molecule has 0 aliphatic heterocycles. The Bertz CT molecular complexity index is 541. The van der Waals surface area contributed by atoms with Gasteiger partial charge in [0.1, 0.15) is 5.75 Å². The molecule has 0 amide bonds. The summed E-state index contributed by atoms with van der Waals surface area (Å²) < 4.78 is 32.5. The van der Waals surface area contributed by atoms with E-state index in [1.54, 1.807) is 6.07 Å². The van der Waals surface area contributed by atoms with Gasteiger partial charge in [0, 0.05) is 12.1 Å².